The number of rotatable bonds is 10. The standard InChI is InChI=1S/C14H26O6S/c1-4-6-7-8-12(5-2)20-21(16,17)19-11-14(3)9-10-18-13(14)15/h12H,4-11H2,1-3H3. The SMILES string of the molecule is CCCCCC(CC)OS(=O)(=O)OCC1(C)CCOC1=O. The molecule has 0 spiro atoms. The number of cyclic esters (lactones) is 1. The van der Waals surface area contributed by atoms with E-state index in [4.69, 9.17) is 13.1 Å². The maximum Gasteiger partial charge on any atom is 0.400 e. The van der Waals surface area contributed by atoms with E-state index in [1.807, 2.05) is 6.92 Å². The second kappa shape index (κ2) is 8.10. The van der Waals surface area contributed by atoms with Gasteiger partial charge in [-0.05, 0) is 26.2 Å². The van der Waals surface area contributed by atoms with Crippen LogP contribution in [0.1, 0.15) is 59.3 Å². The molecule has 1 aliphatic rings. The summed E-state index contributed by atoms with van der Waals surface area (Å²) in [5.74, 6) is -0.423. The molecule has 0 N–H and O–H groups in total. The quantitative estimate of drug-likeness (QED) is 0.454. The van der Waals surface area contributed by atoms with Crippen LogP contribution in [-0.2, 0) is 28.3 Å². The van der Waals surface area contributed by atoms with Gasteiger partial charge in [-0.2, -0.15) is 8.42 Å². The van der Waals surface area contributed by atoms with Crippen molar-refractivity contribution < 1.29 is 26.3 Å². The summed E-state index contributed by atoms with van der Waals surface area (Å²) >= 11 is 0. The fraction of sp³-hybridized carbons (Fsp3) is 0.929. The summed E-state index contributed by atoms with van der Waals surface area (Å²) in [7, 11) is -4.09. The van der Waals surface area contributed by atoms with Gasteiger partial charge in [-0.3, -0.25) is 4.79 Å². The van der Waals surface area contributed by atoms with Crippen LogP contribution in [0.25, 0.3) is 0 Å². The molecule has 2 atom stereocenters. The largest absolute Gasteiger partial charge is 0.465 e. The molecule has 0 aliphatic carbocycles. The molecule has 6 nitrogen and oxygen atoms in total. The molecule has 0 amide bonds. The maximum absolute atomic E-state index is 11.8. The molecule has 0 aromatic carbocycles. The van der Waals surface area contributed by atoms with Crippen LogP contribution >= 0.6 is 0 Å². The van der Waals surface area contributed by atoms with Crippen molar-refractivity contribution in [3.8, 4) is 0 Å². The zero-order chi connectivity index (χ0) is 15.9. The molecular weight excluding hydrogens is 296 g/mol. The third kappa shape index (κ3) is 5.92. The third-order valence-corrected chi connectivity index (χ3v) is 4.65. The lowest BCUT2D eigenvalue weighted by atomic mass is 9.91. The van der Waals surface area contributed by atoms with E-state index in [0.29, 0.717) is 25.9 Å². The van der Waals surface area contributed by atoms with Crippen LogP contribution in [0.4, 0.5) is 0 Å². The Morgan fingerprint density at radius 3 is 2.57 bits per heavy atom. The Morgan fingerprint density at radius 1 is 1.33 bits per heavy atom. The summed E-state index contributed by atoms with van der Waals surface area (Å²) < 4.78 is 38.5. The third-order valence-electron chi connectivity index (χ3n) is 3.74. The smallest absolute Gasteiger partial charge is 0.400 e. The van der Waals surface area contributed by atoms with Crippen molar-refractivity contribution in [3.63, 3.8) is 0 Å². The second-order valence-electron chi connectivity index (χ2n) is 5.74. The number of hydrogen-bond acceptors (Lipinski definition) is 6. The van der Waals surface area contributed by atoms with Gasteiger partial charge >= 0.3 is 16.4 Å². The van der Waals surface area contributed by atoms with Crippen molar-refractivity contribution in [2.75, 3.05) is 13.2 Å². The summed E-state index contributed by atoms with van der Waals surface area (Å²) in [6.45, 7) is 5.66. The van der Waals surface area contributed by atoms with Gasteiger partial charge in [-0.1, -0.05) is 33.1 Å². The first-order chi connectivity index (χ1) is 9.83. The molecule has 0 bridgehead atoms. The zero-order valence-electron chi connectivity index (χ0n) is 13.1. The minimum atomic E-state index is -4.09. The van der Waals surface area contributed by atoms with E-state index < -0.39 is 21.8 Å². The Morgan fingerprint density at radius 2 is 2.05 bits per heavy atom. The van der Waals surface area contributed by atoms with Crippen molar-refractivity contribution in [1.82, 2.24) is 0 Å². The Bertz CT molecular complexity index is 433. The number of ether oxygens (including phenoxy) is 1. The molecule has 1 saturated heterocycles. The number of carbonyl (C=O) groups excluding carboxylic acids is 1. The van der Waals surface area contributed by atoms with E-state index >= 15 is 0 Å². The first-order valence-corrected chi connectivity index (χ1v) is 8.91. The number of unbranched alkanes of at least 4 members (excludes halogenated alkanes) is 2. The molecule has 0 aromatic rings. The Hall–Kier alpha value is -0.660. The summed E-state index contributed by atoms with van der Waals surface area (Å²) in [6.07, 6.45) is 4.41. The van der Waals surface area contributed by atoms with Gasteiger partial charge in [0.05, 0.1) is 24.7 Å². The van der Waals surface area contributed by atoms with E-state index in [9.17, 15) is 13.2 Å². The lowest BCUT2D eigenvalue weighted by Gasteiger charge is -2.20. The normalized spacial score (nSPS) is 24.0. The average Bonchev–Trinajstić information content (AvgIpc) is 2.76. The highest BCUT2D eigenvalue weighted by atomic mass is 32.3. The fourth-order valence-corrected chi connectivity index (χ4v) is 3.14. The Kier molecular flexibility index (Phi) is 7.09. The number of hydrogen-bond donors (Lipinski definition) is 0. The number of carbonyl (C=O) groups is 1. The van der Waals surface area contributed by atoms with Crippen LogP contribution in [0.15, 0.2) is 0 Å². The van der Waals surface area contributed by atoms with Gasteiger partial charge in [0, 0.05) is 0 Å². The monoisotopic (exact) mass is 322 g/mol. The molecule has 0 radical (unpaired) electrons. The lowest BCUT2D eigenvalue weighted by Crippen LogP contribution is -2.31. The topological polar surface area (TPSA) is 78.9 Å². The Balaban J connectivity index is 2.46. The van der Waals surface area contributed by atoms with Crippen LogP contribution in [0.3, 0.4) is 0 Å². The molecule has 21 heavy (non-hydrogen) atoms. The van der Waals surface area contributed by atoms with Crippen molar-refractivity contribution >= 4 is 16.4 Å². The molecule has 7 heteroatoms. The van der Waals surface area contributed by atoms with E-state index in [0.717, 1.165) is 19.3 Å². The highest BCUT2D eigenvalue weighted by Gasteiger charge is 2.41. The van der Waals surface area contributed by atoms with Crippen LogP contribution in [0.2, 0.25) is 0 Å². The van der Waals surface area contributed by atoms with Gasteiger partial charge in [0.1, 0.15) is 0 Å². The molecule has 1 fully saturated rings. The Labute approximate surface area is 127 Å². The molecule has 0 aromatic heterocycles. The highest BCUT2D eigenvalue weighted by molar-refractivity contribution is 7.81. The van der Waals surface area contributed by atoms with Crippen LogP contribution in [0, 0.1) is 5.41 Å². The lowest BCUT2D eigenvalue weighted by molar-refractivity contribution is -0.146. The van der Waals surface area contributed by atoms with Crippen molar-refractivity contribution in [1.29, 1.82) is 0 Å². The van der Waals surface area contributed by atoms with Gasteiger partial charge in [0.15, 0.2) is 0 Å². The maximum atomic E-state index is 11.8. The van der Waals surface area contributed by atoms with Crippen LogP contribution in [0.5, 0.6) is 0 Å². The summed E-state index contributed by atoms with van der Waals surface area (Å²) in [6, 6.07) is 0. The van der Waals surface area contributed by atoms with Gasteiger partial charge < -0.3 is 4.74 Å². The molecular formula is C14H26O6S. The van der Waals surface area contributed by atoms with Gasteiger partial charge in [-0.15, -0.1) is 0 Å². The predicted octanol–water partition coefficient (Wildman–Crippen LogP) is 2.58. The van der Waals surface area contributed by atoms with Gasteiger partial charge in [0.2, 0.25) is 0 Å². The molecule has 0 saturated carbocycles. The van der Waals surface area contributed by atoms with Crippen LogP contribution in [-0.4, -0.2) is 33.7 Å². The second-order valence-corrected chi connectivity index (χ2v) is 6.98. The minimum Gasteiger partial charge on any atom is -0.465 e. The van der Waals surface area contributed by atoms with Gasteiger partial charge in [-0.25, -0.2) is 8.37 Å². The molecule has 1 rings (SSSR count). The summed E-state index contributed by atoms with van der Waals surface area (Å²) in [5.41, 5.74) is -0.902. The first-order valence-electron chi connectivity index (χ1n) is 7.58. The van der Waals surface area contributed by atoms with Crippen molar-refractivity contribution in [2.24, 2.45) is 5.41 Å². The van der Waals surface area contributed by atoms with E-state index in [-0.39, 0.29) is 12.7 Å². The minimum absolute atomic E-state index is 0.237. The number of esters is 1. The summed E-state index contributed by atoms with van der Waals surface area (Å²) in [4.78, 5) is 11.5. The zero-order valence-corrected chi connectivity index (χ0v) is 13.9. The first kappa shape index (κ1) is 18.4. The van der Waals surface area contributed by atoms with Crippen molar-refractivity contribution in [3.05, 3.63) is 0 Å². The van der Waals surface area contributed by atoms with Gasteiger partial charge in [0.25, 0.3) is 0 Å². The molecule has 1 heterocycles. The molecule has 2 unspecified atom stereocenters. The van der Waals surface area contributed by atoms with E-state index in [1.54, 1.807) is 6.92 Å². The van der Waals surface area contributed by atoms with Crippen LogP contribution < -0.4 is 0 Å². The summed E-state index contributed by atoms with van der Waals surface area (Å²) in [5, 5.41) is 0. The fourth-order valence-electron chi connectivity index (χ4n) is 2.12. The molecule has 124 valence electrons. The molecule has 1 aliphatic heterocycles. The van der Waals surface area contributed by atoms with E-state index in [2.05, 4.69) is 6.92 Å². The highest BCUT2D eigenvalue weighted by Crippen LogP contribution is 2.30. The van der Waals surface area contributed by atoms with E-state index in [1.165, 1.54) is 0 Å². The average molecular weight is 322 g/mol. The van der Waals surface area contributed by atoms with Crippen molar-refractivity contribution in [2.45, 2.75) is 65.4 Å². The predicted molar refractivity (Wildman–Crippen MR) is 77.9 cm³/mol.